The van der Waals surface area contributed by atoms with Crippen LogP contribution in [-0.2, 0) is 4.74 Å². The number of hydrogen-bond acceptors (Lipinski definition) is 6. The zero-order chi connectivity index (χ0) is 20.7. The van der Waals surface area contributed by atoms with Crippen molar-refractivity contribution in [2.45, 2.75) is 82.0 Å². The maximum Gasteiger partial charge on any atom is 0.241 e. The summed E-state index contributed by atoms with van der Waals surface area (Å²) in [6.45, 7) is 2.67. The fourth-order valence-electron chi connectivity index (χ4n) is 5.43. The summed E-state index contributed by atoms with van der Waals surface area (Å²) in [6.07, 6.45) is 11.5. The first-order valence-corrected chi connectivity index (χ1v) is 11.4. The number of fused-ring (bicyclic) bond motifs is 3. The fraction of sp³-hybridized carbons (Fsp3) is 0.652. The summed E-state index contributed by atoms with van der Waals surface area (Å²) in [7, 11) is 1.70. The Bertz CT molecular complexity index is 931. The fourth-order valence-corrected chi connectivity index (χ4v) is 5.43. The molecule has 3 N–H and O–H groups in total. The number of aliphatic hydroxyl groups is 1. The van der Waals surface area contributed by atoms with Crippen LogP contribution in [0.15, 0.2) is 18.3 Å². The van der Waals surface area contributed by atoms with E-state index in [1.165, 1.54) is 29.7 Å². The molecular formula is C23H33N5O2. The average molecular weight is 412 g/mol. The molecule has 162 valence electrons. The first-order chi connectivity index (χ1) is 14.6. The molecule has 2 aromatic rings. The largest absolute Gasteiger partial charge is 0.393 e. The molecular weight excluding hydrogens is 378 g/mol. The van der Waals surface area contributed by atoms with E-state index in [0.717, 1.165) is 37.6 Å². The minimum atomic E-state index is -0.156. The van der Waals surface area contributed by atoms with Crippen molar-refractivity contribution >= 4 is 17.0 Å². The van der Waals surface area contributed by atoms with Gasteiger partial charge in [0.15, 0.2) is 0 Å². The quantitative estimate of drug-likeness (QED) is 0.677. The van der Waals surface area contributed by atoms with Crippen LogP contribution in [0.2, 0.25) is 0 Å². The highest BCUT2D eigenvalue weighted by molar-refractivity contribution is 5.80. The SMILES string of the molecule is COC[C@H](C)Nc1ncc2c(C3=C[C@H]4CC[C@@H](C3)N4)cc([C@H]3CC[C@H](O)CC3)n2n1. The molecule has 2 aromatic heterocycles. The number of nitrogens with one attached hydrogen (secondary N) is 2. The minimum Gasteiger partial charge on any atom is -0.393 e. The van der Waals surface area contributed by atoms with Crippen molar-refractivity contribution in [3.63, 3.8) is 0 Å². The maximum atomic E-state index is 9.98. The normalized spacial score (nSPS) is 29.8. The highest BCUT2D eigenvalue weighted by Gasteiger charge is 2.31. The van der Waals surface area contributed by atoms with E-state index in [0.29, 0.717) is 30.6 Å². The van der Waals surface area contributed by atoms with Gasteiger partial charge < -0.3 is 20.5 Å². The van der Waals surface area contributed by atoms with Gasteiger partial charge in [-0.25, -0.2) is 9.50 Å². The molecule has 3 atom stereocenters. The van der Waals surface area contributed by atoms with Crippen LogP contribution in [0.5, 0.6) is 0 Å². The van der Waals surface area contributed by atoms with Crippen molar-refractivity contribution in [1.82, 2.24) is 19.9 Å². The van der Waals surface area contributed by atoms with Gasteiger partial charge >= 0.3 is 0 Å². The van der Waals surface area contributed by atoms with Crippen molar-refractivity contribution in [3.05, 3.63) is 29.6 Å². The standard InChI is InChI=1S/C23H33N5O2/c1-14(13-30-2)25-23-24-12-22-20(16-9-17-5-6-18(10-16)26-17)11-21(28(22)27-23)15-3-7-19(29)8-4-15/h9,11-12,14-15,17-19,26,29H,3-8,10,13H2,1-2H3,(H,25,27)/t14-,15-,17+,18-,19-/m0/s1. The second-order valence-corrected chi connectivity index (χ2v) is 9.31. The summed E-state index contributed by atoms with van der Waals surface area (Å²) in [5.74, 6) is 1.05. The molecule has 1 saturated carbocycles. The lowest BCUT2D eigenvalue weighted by Gasteiger charge is -2.25. The predicted octanol–water partition coefficient (Wildman–Crippen LogP) is 3.10. The van der Waals surface area contributed by atoms with Crippen LogP contribution in [0.3, 0.4) is 0 Å². The molecule has 0 amide bonds. The Kier molecular flexibility index (Phi) is 5.52. The summed E-state index contributed by atoms with van der Waals surface area (Å²) < 4.78 is 7.35. The molecule has 30 heavy (non-hydrogen) atoms. The van der Waals surface area contributed by atoms with Crippen molar-refractivity contribution in [3.8, 4) is 0 Å². The predicted molar refractivity (Wildman–Crippen MR) is 118 cm³/mol. The van der Waals surface area contributed by atoms with E-state index in [1.807, 2.05) is 6.20 Å². The number of anilines is 1. The smallest absolute Gasteiger partial charge is 0.241 e. The molecule has 2 aliphatic heterocycles. The second kappa shape index (κ2) is 8.29. The number of aromatic nitrogens is 3. The van der Waals surface area contributed by atoms with E-state index in [-0.39, 0.29) is 12.1 Å². The lowest BCUT2D eigenvalue weighted by Crippen LogP contribution is -2.31. The molecule has 7 heteroatoms. The Hall–Kier alpha value is -1.96. The summed E-state index contributed by atoms with van der Waals surface area (Å²) in [4.78, 5) is 4.63. The molecule has 7 nitrogen and oxygen atoms in total. The van der Waals surface area contributed by atoms with Crippen molar-refractivity contribution < 1.29 is 9.84 Å². The highest BCUT2D eigenvalue weighted by atomic mass is 16.5. The topological polar surface area (TPSA) is 83.7 Å². The van der Waals surface area contributed by atoms with Gasteiger partial charge in [0.05, 0.1) is 24.4 Å². The molecule has 4 heterocycles. The van der Waals surface area contributed by atoms with E-state index in [2.05, 4.69) is 39.2 Å². The average Bonchev–Trinajstić information content (AvgIpc) is 3.28. The molecule has 1 aliphatic carbocycles. The number of aliphatic hydroxyl groups excluding tert-OH is 1. The molecule has 0 radical (unpaired) electrons. The summed E-state index contributed by atoms with van der Waals surface area (Å²) in [5.41, 5.74) is 5.06. The van der Waals surface area contributed by atoms with E-state index in [1.54, 1.807) is 7.11 Å². The monoisotopic (exact) mass is 411 g/mol. The summed E-state index contributed by atoms with van der Waals surface area (Å²) in [6, 6.07) is 3.58. The summed E-state index contributed by atoms with van der Waals surface area (Å²) >= 11 is 0. The van der Waals surface area contributed by atoms with Gasteiger partial charge in [-0.05, 0) is 63.5 Å². The van der Waals surface area contributed by atoms with Gasteiger partial charge in [0.25, 0.3) is 0 Å². The Balaban J connectivity index is 1.54. The second-order valence-electron chi connectivity index (χ2n) is 9.31. The third-order valence-corrected chi connectivity index (χ3v) is 6.94. The number of methoxy groups -OCH3 is 1. The van der Waals surface area contributed by atoms with E-state index < -0.39 is 0 Å². The zero-order valence-electron chi connectivity index (χ0n) is 18.0. The lowest BCUT2D eigenvalue weighted by atomic mass is 9.85. The molecule has 3 aliphatic rings. The molecule has 2 fully saturated rings. The molecule has 1 saturated heterocycles. The van der Waals surface area contributed by atoms with Crippen LogP contribution in [0, 0.1) is 0 Å². The van der Waals surface area contributed by atoms with E-state index in [9.17, 15) is 5.11 Å². The Morgan fingerprint density at radius 1 is 1.27 bits per heavy atom. The lowest BCUT2D eigenvalue weighted by molar-refractivity contribution is 0.121. The van der Waals surface area contributed by atoms with Gasteiger partial charge in [0.1, 0.15) is 0 Å². The highest BCUT2D eigenvalue weighted by Crippen LogP contribution is 2.39. The van der Waals surface area contributed by atoms with Gasteiger partial charge in [-0.3, -0.25) is 0 Å². The Morgan fingerprint density at radius 3 is 2.87 bits per heavy atom. The molecule has 0 aromatic carbocycles. The van der Waals surface area contributed by atoms with Crippen LogP contribution >= 0.6 is 0 Å². The first kappa shape index (κ1) is 20.0. The van der Waals surface area contributed by atoms with Gasteiger partial charge in [-0.15, -0.1) is 5.10 Å². The third kappa shape index (κ3) is 3.86. The van der Waals surface area contributed by atoms with Crippen LogP contribution in [0.4, 0.5) is 5.95 Å². The number of ether oxygens (including phenoxy) is 1. The third-order valence-electron chi connectivity index (χ3n) is 6.94. The van der Waals surface area contributed by atoms with Crippen LogP contribution in [-0.4, -0.2) is 57.7 Å². The van der Waals surface area contributed by atoms with Crippen LogP contribution < -0.4 is 10.6 Å². The molecule has 5 rings (SSSR count). The van der Waals surface area contributed by atoms with Gasteiger partial charge in [0, 0.05) is 42.4 Å². The Morgan fingerprint density at radius 2 is 2.10 bits per heavy atom. The van der Waals surface area contributed by atoms with E-state index >= 15 is 0 Å². The number of hydrogen-bond donors (Lipinski definition) is 3. The zero-order valence-corrected chi connectivity index (χ0v) is 18.0. The molecule has 0 spiro atoms. The van der Waals surface area contributed by atoms with Crippen molar-refractivity contribution in [2.24, 2.45) is 0 Å². The van der Waals surface area contributed by atoms with Crippen molar-refractivity contribution in [2.75, 3.05) is 19.0 Å². The van der Waals surface area contributed by atoms with Crippen LogP contribution in [0.1, 0.15) is 69.0 Å². The number of nitrogens with zero attached hydrogens (tertiary/aromatic N) is 3. The van der Waals surface area contributed by atoms with Crippen LogP contribution in [0.25, 0.3) is 11.1 Å². The van der Waals surface area contributed by atoms with E-state index in [4.69, 9.17) is 9.84 Å². The maximum absolute atomic E-state index is 9.98. The molecule has 0 unspecified atom stereocenters. The molecule has 2 bridgehead atoms. The minimum absolute atomic E-state index is 0.138. The van der Waals surface area contributed by atoms with Gasteiger partial charge in [-0.2, -0.15) is 0 Å². The Labute approximate surface area is 177 Å². The number of rotatable bonds is 6. The summed E-state index contributed by atoms with van der Waals surface area (Å²) in [5, 5.41) is 21.9. The van der Waals surface area contributed by atoms with Gasteiger partial charge in [0.2, 0.25) is 5.95 Å². The van der Waals surface area contributed by atoms with Gasteiger partial charge in [-0.1, -0.05) is 6.08 Å². The first-order valence-electron chi connectivity index (χ1n) is 11.4. The van der Waals surface area contributed by atoms with Crippen molar-refractivity contribution in [1.29, 1.82) is 0 Å².